The Labute approximate surface area is 106 Å². The number of pyridine rings is 1. The first-order valence-electron chi connectivity index (χ1n) is 6.02. The Morgan fingerprint density at radius 2 is 2.17 bits per heavy atom. The van der Waals surface area contributed by atoms with Crippen molar-refractivity contribution in [3.05, 3.63) is 36.0 Å². The maximum absolute atomic E-state index is 9.17. The fourth-order valence-electron chi connectivity index (χ4n) is 1.96. The summed E-state index contributed by atoms with van der Waals surface area (Å²) in [5.41, 5.74) is 7.37. The van der Waals surface area contributed by atoms with Crippen molar-refractivity contribution in [3.8, 4) is 5.75 Å². The average Bonchev–Trinajstić information content (AvgIpc) is 2.43. The molecule has 0 saturated heterocycles. The van der Waals surface area contributed by atoms with Gasteiger partial charge in [-0.3, -0.25) is 0 Å². The highest BCUT2D eigenvalue weighted by Crippen LogP contribution is 2.24. The SMILES string of the molecule is COc1cccc2ccc(CC(CN)CO)nc12. The number of hydrogen-bond acceptors (Lipinski definition) is 4. The molecule has 18 heavy (non-hydrogen) atoms. The number of aromatic nitrogens is 1. The second-order valence-corrected chi connectivity index (χ2v) is 4.32. The standard InChI is InChI=1S/C14H18N2O2/c1-18-13-4-2-3-11-5-6-12(16-14(11)13)7-10(8-15)9-17/h2-6,10,17H,7-9,15H2,1H3. The molecule has 1 unspecified atom stereocenters. The Bertz CT molecular complexity index is 524. The molecule has 4 heteroatoms. The van der Waals surface area contributed by atoms with Gasteiger partial charge in [-0.15, -0.1) is 0 Å². The van der Waals surface area contributed by atoms with E-state index in [-0.39, 0.29) is 12.5 Å². The summed E-state index contributed by atoms with van der Waals surface area (Å²) in [5.74, 6) is 0.826. The number of ether oxygens (including phenoxy) is 1. The van der Waals surface area contributed by atoms with E-state index in [9.17, 15) is 0 Å². The lowest BCUT2D eigenvalue weighted by molar-refractivity contribution is 0.229. The first-order chi connectivity index (χ1) is 8.78. The van der Waals surface area contributed by atoms with E-state index in [0.717, 1.165) is 22.3 Å². The molecule has 0 aliphatic heterocycles. The Morgan fingerprint density at radius 1 is 1.33 bits per heavy atom. The van der Waals surface area contributed by atoms with Crippen molar-refractivity contribution in [2.24, 2.45) is 11.7 Å². The third-order valence-electron chi connectivity index (χ3n) is 3.05. The van der Waals surface area contributed by atoms with Gasteiger partial charge in [0, 0.05) is 17.7 Å². The topological polar surface area (TPSA) is 68.4 Å². The molecule has 1 aromatic heterocycles. The Balaban J connectivity index is 2.36. The fourth-order valence-corrected chi connectivity index (χ4v) is 1.96. The van der Waals surface area contributed by atoms with Crippen LogP contribution >= 0.6 is 0 Å². The van der Waals surface area contributed by atoms with Crippen molar-refractivity contribution in [2.45, 2.75) is 6.42 Å². The van der Waals surface area contributed by atoms with E-state index >= 15 is 0 Å². The lowest BCUT2D eigenvalue weighted by Crippen LogP contribution is -2.20. The zero-order valence-electron chi connectivity index (χ0n) is 10.5. The van der Waals surface area contributed by atoms with Crippen LogP contribution in [0.25, 0.3) is 10.9 Å². The summed E-state index contributed by atoms with van der Waals surface area (Å²) in [6.45, 7) is 0.546. The van der Waals surface area contributed by atoms with Gasteiger partial charge < -0.3 is 15.6 Å². The maximum atomic E-state index is 9.17. The van der Waals surface area contributed by atoms with Crippen molar-refractivity contribution in [3.63, 3.8) is 0 Å². The number of nitrogens with zero attached hydrogens (tertiary/aromatic N) is 1. The average molecular weight is 246 g/mol. The van der Waals surface area contributed by atoms with Crippen molar-refractivity contribution in [2.75, 3.05) is 20.3 Å². The van der Waals surface area contributed by atoms with Gasteiger partial charge in [0.2, 0.25) is 0 Å². The molecular weight excluding hydrogens is 228 g/mol. The quantitative estimate of drug-likeness (QED) is 0.835. The van der Waals surface area contributed by atoms with E-state index in [1.54, 1.807) is 7.11 Å². The number of aliphatic hydroxyl groups excluding tert-OH is 1. The number of rotatable bonds is 5. The summed E-state index contributed by atoms with van der Waals surface area (Å²) in [6, 6.07) is 9.83. The van der Waals surface area contributed by atoms with Crippen LogP contribution in [0, 0.1) is 5.92 Å². The summed E-state index contributed by atoms with van der Waals surface area (Å²) in [5, 5.41) is 10.2. The molecular formula is C14H18N2O2. The summed E-state index contributed by atoms with van der Waals surface area (Å²) in [7, 11) is 1.64. The van der Waals surface area contributed by atoms with Crippen molar-refractivity contribution < 1.29 is 9.84 Å². The van der Waals surface area contributed by atoms with Gasteiger partial charge in [0.1, 0.15) is 11.3 Å². The summed E-state index contributed by atoms with van der Waals surface area (Å²) >= 11 is 0. The third kappa shape index (κ3) is 2.60. The molecule has 3 N–H and O–H groups in total. The molecule has 0 aliphatic rings. The maximum Gasteiger partial charge on any atom is 0.145 e. The first kappa shape index (κ1) is 12.8. The smallest absolute Gasteiger partial charge is 0.145 e. The summed E-state index contributed by atoms with van der Waals surface area (Å²) < 4.78 is 5.30. The van der Waals surface area contributed by atoms with Gasteiger partial charge in [0.05, 0.1) is 7.11 Å². The van der Waals surface area contributed by atoms with Crippen LogP contribution in [0.1, 0.15) is 5.69 Å². The number of hydrogen-bond donors (Lipinski definition) is 2. The number of methoxy groups -OCH3 is 1. The van der Waals surface area contributed by atoms with E-state index < -0.39 is 0 Å². The number of para-hydroxylation sites is 1. The zero-order valence-corrected chi connectivity index (χ0v) is 10.5. The number of aliphatic hydroxyl groups is 1. The third-order valence-corrected chi connectivity index (χ3v) is 3.05. The molecule has 96 valence electrons. The normalized spacial score (nSPS) is 12.6. The molecule has 4 nitrogen and oxygen atoms in total. The predicted molar refractivity (Wildman–Crippen MR) is 71.6 cm³/mol. The van der Waals surface area contributed by atoms with Gasteiger partial charge >= 0.3 is 0 Å². The molecule has 0 bridgehead atoms. The molecule has 0 spiro atoms. The largest absolute Gasteiger partial charge is 0.494 e. The molecule has 1 aromatic carbocycles. The highest BCUT2D eigenvalue weighted by atomic mass is 16.5. The van der Waals surface area contributed by atoms with Crippen LogP contribution in [0.15, 0.2) is 30.3 Å². The lowest BCUT2D eigenvalue weighted by Gasteiger charge is -2.12. The highest BCUT2D eigenvalue weighted by molar-refractivity contribution is 5.84. The van der Waals surface area contributed by atoms with Crippen LogP contribution in [0.3, 0.4) is 0 Å². The number of fused-ring (bicyclic) bond motifs is 1. The Kier molecular flexibility index (Phi) is 4.12. The summed E-state index contributed by atoms with van der Waals surface area (Å²) in [6.07, 6.45) is 0.682. The first-order valence-corrected chi connectivity index (χ1v) is 6.02. The van der Waals surface area contributed by atoms with Crippen LogP contribution in [-0.2, 0) is 6.42 Å². The Morgan fingerprint density at radius 3 is 2.83 bits per heavy atom. The van der Waals surface area contributed by atoms with Crippen LogP contribution in [0.2, 0.25) is 0 Å². The van der Waals surface area contributed by atoms with Gasteiger partial charge in [-0.25, -0.2) is 4.98 Å². The molecule has 0 amide bonds. The molecule has 1 heterocycles. The monoisotopic (exact) mass is 246 g/mol. The van der Waals surface area contributed by atoms with Crippen LogP contribution in [0.5, 0.6) is 5.75 Å². The van der Waals surface area contributed by atoms with Gasteiger partial charge in [-0.2, -0.15) is 0 Å². The van der Waals surface area contributed by atoms with E-state index in [2.05, 4.69) is 4.98 Å². The van der Waals surface area contributed by atoms with Crippen LogP contribution < -0.4 is 10.5 Å². The van der Waals surface area contributed by atoms with Crippen molar-refractivity contribution in [1.82, 2.24) is 4.98 Å². The molecule has 2 aromatic rings. The van der Waals surface area contributed by atoms with Crippen LogP contribution in [0.4, 0.5) is 0 Å². The van der Waals surface area contributed by atoms with Crippen molar-refractivity contribution in [1.29, 1.82) is 0 Å². The zero-order chi connectivity index (χ0) is 13.0. The van der Waals surface area contributed by atoms with Gasteiger partial charge in [-0.05, 0) is 31.0 Å². The van der Waals surface area contributed by atoms with Gasteiger partial charge in [-0.1, -0.05) is 18.2 Å². The molecule has 2 rings (SSSR count). The van der Waals surface area contributed by atoms with Crippen molar-refractivity contribution >= 4 is 10.9 Å². The fraction of sp³-hybridized carbons (Fsp3) is 0.357. The molecule has 0 fully saturated rings. The van der Waals surface area contributed by atoms with E-state index in [1.165, 1.54) is 0 Å². The number of nitrogens with two attached hydrogens (primary N) is 1. The minimum Gasteiger partial charge on any atom is -0.494 e. The molecule has 1 atom stereocenters. The van der Waals surface area contributed by atoms with Gasteiger partial charge in [0.15, 0.2) is 0 Å². The van der Waals surface area contributed by atoms with Gasteiger partial charge in [0.25, 0.3) is 0 Å². The van der Waals surface area contributed by atoms with Crippen LogP contribution in [-0.4, -0.2) is 30.4 Å². The van der Waals surface area contributed by atoms with E-state index in [1.807, 2.05) is 30.3 Å². The minimum atomic E-state index is 0.0599. The second kappa shape index (κ2) is 5.80. The molecule has 0 aliphatic carbocycles. The van der Waals surface area contributed by atoms with E-state index in [4.69, 9.17) is 15.6 Å². The highest BCUT2D eigenvalue weighted by Gasteiger charge is 2.09. The predicted octanol–water partition coefficient (Wildman–Crippen LogP) is 1.35. The lowest BCUT2D eigenvalue weighted by atomic mass is 10.0. The summed E-state index contributed by atoms with van der Waals surface area (Å²) in [4.78, 5) is 4.59. The van der Waals surface area contributed by atoms with E-state index in [0.29, 0.717) is 13.0 Å². The molecule has 0 saturated carbocycles. The number of benzene rings is 1. The second-order valence-electron chi connectivity index (χ2n) is 4.32. The molecule has 0 radical (unpaired) electrons. The minimum absolute atomic E-state index is 0.0599. The Hall–Kier alpha value is -1.65.